The van der Waals surface area contributed by atoms with Crippen molar-refractivity contribution in [3.63, 3.8) is 0 Å². The van der Waals surface area contributed by atoms with Crippen molar-refractivity contribution in [2.24, 2.45) is 0 Å². The predicted octanol–water partition coefficient (Wildman–Crippen LogP) is 6.71. The first-order valence-electron chi connectivity index (χ1n) is 8.93. The average molecular weight is 342 g/mol. The summed E-state index contributed by atoms with van der Waals surface area (Å²) in [4.78, 5) is 0. The molecule has 0 heterocycles. The van der Waals surface area contributed by atoms with E-state index in [2.05, 4.69) is 18.3 Å². The van der Waals surface area contributed by atoms with Gasteiger partial charge >= 0.3 is 0 Å². The lowest BCUT2D eigenvalue weighted by molar-refractivity contribution is 0.498. The number of nitrogens with one attached hydrogen (secondary N) is 1. The Morgan fingerprint density at radius 1 is 1.00 bits per heavy atom. The Kier molecular flexibility index (Phi) is 8.06. The number of unbranched alkanes of at least 4 members (excludes halogenated alkanes) is 7. The largest absolute Gasteiger partial charge is 0.310 e. The van der Waals surface area contributed by atoms with Crippen molar-refractivity contribution in [3.05, 3.63) is 33.3 Å². The summed E-state index contributed by atoms with van der Waals surface area (Å²) in [5.74, 6) is 0. The van der Waals surface area contributed by atoms with E-state index in [-0.39, 0.29) is 0 Å². The molecule has 1 atom stereocenters. The van der Waals surface area contributed by atoms with Crippen molar-refractivity contribution in [2.45, 2.75) is 77.2 Å². The lowest BCUT2D eigenvalue weighted by atomic mass is 10.1. The Morgan fingerprint density at radius 2 is 1.68 bits per heavy atom. The van der Waals surface area contributed by atoms with Crippen LogP contribution < -0.4 is 5.32 Å². The summed E-state index contributed by atoms with van der Waals surface area (Å²) < 4.78 is 0. The van der Waals surface area contributed by atoms with Crippen molar-refractivity contribution in [1.29, 1.82) is 0 Å². The standard InChI is InChI=1S/C19H29Cl2N/c1-2-3-4-5-6-7-8-9-12-22-18-11-10-15-13-16(20)14-17(21)19(15)18/h13-14,18,22H,2-12H2,1H3/t18-/m0/s1. The van der Waals surface area contributed by atoms with Crippen LogP contribution in [0.3, 0.4) is 0 Å². The maximum atomic E-state index is 6.37. The minimum atomic E-state index is 0.421. The fourth-order valence-electron chi connectivity index (χ4n) is 3.42. The third kappa shape index (κ3) is 5.44. The van der Waals surface area contributed by atoms with Crippen molar-refractivity contribution in [3.8, 4) is 0 Å². The Morgan fingerprint density at radius 3 is 2.41 bits per heavy atom. The first-order chi connectivity index (χ1) is 10.7. The van der Waals surface area contributed by atoms with Gasteiger partial charge in [-0.15, -0.1) is 0 Å². The molecule has 0 fully saturated rings. The molecule has 124 valence electrons. The number of halogens is 2. The molecule has 1 aromatic carbocycles. The fourth-order valence-corrected chi connectivity index (χ4v) is 4.09. The van der Waals surface area contributed by atoms with Crippen LogP contribution in [0.4, 0.5) is 0 Å². The van der Waals surface area contributed by atoms with E-state index in [9.17, 15) is 0 Å². The summed E-state index contributed by atoms with van der Waals surface area (Å²) in [5.41, 5.74) is 2.61. The molecule has 1 aromatic rings. The number of hydrogen-bond donors (Lipinski definition) is 1. The van der Waals surface area contributed by atoms with Crippen LogP contribution in [0, 0.1) is 0 Å². The van der Waals surface area contributed by atoms with E-state index < -0.39 is 0 Å². The van der Waals surface area contributed by atoms with Crippen LogP contribution in [0.2, 0.25) is 10.0 Å². The molecule has 0 amide bonds. The summed E-state index contributed by atoms with van der Waals surface area (Å²) in [5, 5.41) is 5.27. The first kappa shape index (κ1) is 18.1. The van der Waals surface area contributed by atoms with Crippen LogP contribution in [0.1, 0.15) is 81.9 Å². The van der Waals surface area contributed by atoms with Crippen molar-refractivity contribution in [2.75, 3.05) is 6.54 Å². The molecule has 0 bridgehead atoms. The highest BCUT2D eigenvalue weighted by Crippen LogP contribution is 2.38. The monoisotopic (exact) mass is 341 g/mol. The Bertz CT molecular complexity index is 459. The molecule has 0 unspecified atom stereocenters. The van der Waals surface area contributed by atoms with Gasteiger partial charge in [-0.05, 0) is 49.1 Å². The summed E-state index contributed by atoms with van der Waals surface area (Å²) in [6, 6.07) is 4.36. The molecule has 3 heteroatoms. The third-order valence-electron chi connectivity index (χ3n) is 4.65. The van der Waals surface area contributed by atoms with E-state index in [1.54, 1.807) is 0 Å². The number of rotatable bonds is 10. The summed E-state index contributed by atoms with van der Waals surface area (Å²) in [6.07, 6.45) is 13.2. The molecule has 1 N–H and O–H groups in total. The van der Waals surface area contributed by atoms with Crippen LogP contribution in [0.15, 0.2) is 12.1 Å². The van der Waals surface area contributed by atoms with Gasteiger partial charge in [0.15, 0.2) is 0 Å². The molecule has 1 nitrogen and oxygen atoms in total. The second-order valence-corrected chi connectivity index (χ2v) is 7.32. The van der Waals surface area contributed by atoms with Crippen LogP contribution in [0.25, 0.3) is 0 Å². The van der Waals surface area contributed by atoms with E-state index in [0.717, 1.165) is 29.4 Å². The molecular formula is C19H29Cl2N. The van der Waals surface area contributed by atoms with E-state index in [4.69, 9.17) is 23.2 Å². The van der Waals surface area contributed by atoms with Gasteiger partial charge < -0.3 is 5.32 Å². The molecule has 0 spiro atoms. The molecule has 1 aliphatic rings. The van der Waals surface area contributed by atoms with Gasteiger partial charge in [-0.3, -0.25) is 0 Å². The van der Waals surface area contributed by atoms with Gasteiger partial charge in [-0.25, -0.2) is 0 Å². The van der Waals surface area contributed by atoms with Gasteiger partial charge in [0, 0.05) is 16.1 Å². The van der Waals surface area contributed by atoms with E-state index in [1.165, 1.54) is 62.5 Å². The van der Waals surface area contributed by atoms with Gasteiger partial charge in [0.1, 0.15) is 0 Å². The molecule has 0 aliphatic heterocycles. The summed E-state index contributed by atoms with van der Waals surface area (Å²) >= 11 is 12.4. The van der Waals surface area contributed by atoms with Crippen LogP contribution in [-0.4, -0.2) is 6.54 Å². The zero-order chi connectivity index (χ0) is 15.8. The molecule has 0 saturated heterocycles. The summed E-state index contributed by atoms with van der Waals surface area (Å²) in [6.45, 7) is 3.37. The minimum Gasteiger partial charge on any atom is -0.310 e. The molecular weight excluding hydrogens is 313 g/mol. The highest BCUT2D eigenvalue weighted by atomic mass is 35.5. The number of aryl methyl sites for hydroxylation is 1. The van der Waals surface area contributed by atoms with Crippen LogP contribution >= 0.6 is 23.2 Å². The second-order valence-electron chi connectivity index (χ2n) is 6.48. The fraction of sp³-hybridized carbons (Fsp3) is 0.684. The number of hydrogen-bond acceptors (Lipinski definition) is 1. The molecule has 0 saturated carbocycles. The Labute approximate surface area is 145 Å². The molecule has 0 aromatic heterocycles. The van der Waals surface area contributed by atoms with Gasteiger partial charge in [-0.2, -0.15) is 0 Å². The van der Waals surface area contributed by atoms with Crippen LogP contribution in [-0.2, 0) is 6.42 Å². The number of benzene rings is 1. The van der Waals surface area contributed by atoms with Crippen molar-refractivity contribution in [1.82, 2.24) is 5.32 Å². The second kappa shape index (κ2) is 9.80. The van der Waals surface area contributed by atoms with E-state index >= 15 is 0 Å². The highest BCUT2D eigenvalue weighted by molar-refractivity contribution is 6.35. The van der Waals surface area contributed by atoms with E-state index in [1.807, 2.05) is 6.07 Å². The highest BCUT2D eigenvalue weighted by Gasteiger charge is 2.24. The quantitative estimate of drug-likeness (QED) is 0.466. The topological polar surface area (TPSA) is 12.0 Å². The molecule has 22 heavy (non-hydrogen) atoms. The first-order valence-corrected chi connectivity index (χ1v) is 9.69. The average Bonchev–Trinajstić information content (AvgIpc) is 2.88. The molecule has 0 radical (unpaired) electrons. The SMILES string of the molecule is CCCCCCCCCCN[C@H]1CCc2cc(Cl)cc(Cl)c21. The third-order valence-corrected chi connectivity index (χ3v) is 5.18. The van der Waals surface area contributed by atoms with Gasteiger partial charge in [-0.1, -0.05) is 75.1 Å². The predicted molar refractivity (Wildman–Crippen MR) is 98.1 cm³/mol. The zero-order valence-electron chi connectivity index (χ0n) is 13.8. The van der Waals surface area contributed by atoms with Gasteiger partial charge in [0.25, 0.3) is 0 Å². The smallest absolute Gasteiger partial charge is 0.0471 e. The normalized spacial score (nSPS) is 17.0. The van der Waals surface area contributed by atoms with Crippen molar-refractivity contribution >= 4 is 23.2 Å². The van der Waals surface area contributed by atoms with Gasteiger partial charge in [0.2, 0.25) is 0 Å². The minimum absolute atomic E-state index is 0.421. The van der Waals surface area contributed by atoms with E-state index in [0.29, 0.717) is 6.04 Å². The maximum absolute atomic E-state index is 6.37. The maximum Gasteiger partial charge on any atom is 0.0471 e. The van der Waals surface area contributed by atoms with Crippen LogP contribution in [0.5, 0.6) is 0 Å². The van der Waals surface area contributed by atoms with Crippen molar-refractivity contribution < 1.29 is 0 Å². The Balaban J connectivity index is 1.62. The lowest BCUT2D eigenvalue weighted by Gasteiger charge is -2.15. The zero-order valence-corrected chi connectivity index (χ0v) is 15.3. The van der Waals surface area contributed by atoms with Gasteiger partial charge in [0.05, 0.1) is 0 Å². The Hall–Kier alpha value is -0.240. The summed E-state index contributed by atoms with van der Waals surface area (Å²) in [7, 11) is 0. The molecule has 2 rings (SSSR count). The lowest BCUT2D eigenvalue weighted by Crippen LogP contribution is -2.20. The molecule has 1 aliphatic carbocycles. The number of fused-ring (bicyclic) bond motifs is 1.